The third kappa shape index (κ3) is 2.87. The van der Waals surface area contributed by atoms with E-state index in [0.29, 0.717) is 5.13 Å². The van der Waals surface area contributed by atoms with Crippen LogP contribution in [-0.2, 0) is 0 Å². The molecule has 2 aromatic carbocycles. The van der Waals surface area contributed by atoms with E-state index in [9.17, 15) is 0 Å². The van der Waals surface area contributed by atoms with Crippen LogP contribution in [0.15, 0.2) is 56.2 Å². The summed E-state index contributed by atoms with van der Waals surface area (Å²) in [7, 11) is 0. The number of aromatic nitrogens is 2. The van der Waals surface area contributed by atoms with Gasteiger partial charge in [-0.2, -0.15) is 0 Å². The van der Waals surface area contributed by atoms with Crippen molar-refractivity contribution in [1.29, 1.82) is 0 Å². The Morgan fingerprint density at radius 3 is 2.91 bits per heavy atom. The van der Waals surface area contributed by atoms with E-state index in [2.05, 4.69) is 34.2 Å². The summed E-state index contributed by atoms with van der Waals surface area (Å²) >= 11 is 3.19. The Bertz CT molecular complexity index is 1000. The van der Waals surface area contributed by atoms with E-state index in [1.54, 1.807) is 11.8 Å². The van der Waals surface area contributed by atoms with Crippen LogP contribution in [0.4, 0.5) is 5.13 Å². The molecule has 0 aliphatic heterocycles. The van der Waals surface area contributed by atoms with Gasteiger partial charge in [0.1, 0.15) is 11.2 Å². The van der Waals surface area contributed by atoms with E-state index >= 15 is 0 Å². The molecular formula is C17H13N3OS2. The average Bonchev–Trinajstić information content (AvgIpc) is 3.17. The number of thioether (sulfide) groups is 1. The molecule has 4 nitrogen and oxygen atoms in total. The Hall–Kier alpha value is -2.18. The lowest BCUT2D eigenvalue weighted by Crippen LogP contribution is -1.79. The van der Waals surface area contributed by atoms with Gasteiger partial charge in [-0.15, -0.1) is 10.2 Å². The van der Waals surface area contributed by atoms with E-state index in [-0.39, 0.29) is 0 Å². The summed E-state index contributed by atoms with van der Waals surface area (Å²) in [5.74, 6) is 0.989. The Labute approximate surface area is 141 Å². The lowest BCUT2D eigenvalue weighted by Gasteiger charge is -1.93. The molecule has 0 fully saturated rings. The largest absolute Gasteiger partial charge is 0.456 e. The van der Waals surface area contributed by atoms with Crippen molar-refractivity contribution in [3.63, 3.8) is 0 Å². The molecule has 4 aromatic rings. The minimum absolute atomic E-state index is 0.679. The summed E-state index contributed by atoms with van der Waals surface area (Å²) in [6.07, 6.45) is 1.82. The molecular weight excluding hydrogens is 326 g/mol. The van der Waals surface area contributed by atoms with Gasteiger partial charge < -0.3 is 4.42 Å². The first-order valence-electron chi connectivity index (χ1n) is 7.25. The molecule has 2 heterocycles. The highest BCUT2D eigenvalue weighted by atomic mass is 32.2. The van der Waals surface area contributed by atoms with Gasteiger partial charge in [-0.3, -0.25) is 0 Å². The van der Waals surface area contributed by atoms with E-state index in [4.69, 9.17) is 4.42 Å². The summed E-state index contributed by atoms with van der Waals surface area (Å²) in [4.78, 5) is 4.43. The standard InChI is InChI=1S/C17H13N3OS2/c1-2-22-17-20-19-16(23-17)18-10-11-7-8-15-13(9-11)12-5-3-4-6-14(12)21-15/h3-10H,2H2,1H3/b18-10-. The highest BCUT2D eigenvalue weighted by Gasteiger charge is 2.06. The van der Waals surface area contributed by atoms with Gasteiger partial charge in [0.2, 0.25) is 5.13 Å². The van der Waals surface area contributed by atoms with Gasteiger partial charge in [0, 0.05) is 17.0 Å². The fraction of sp³-hybridized carbons (Fsp3) is 0.118. The summed E-state index contributed by atoms with van der Waals surface area (Å²) in [6, 6.07) is 14.1. The van der Waals surface area contributed by atoms with E-state index in [1.807, 2.05) is 36.5 Å². The van der Waals surface area contributed by atoms with Crippen molar-refractivity contribution in [2.75, 3.05) is 5.75 Å². The van der Waals surface area contributed by atoms with Crippen molar-refractivity contribution in [3.05, 3.63) is 48.0 Å². The van der Waals surface area contributed by atoms with Crippen LogP contribution in [0.1, 0.15) is 12.5 Å². The lowest BCUT2D eigenvalue weighted by atomic mass is 10.1. The number of hydrogen-bond acceptors (Lipinski definition) is 6. The van der Waals surface area contributed by atoms with Crippen LogP contribution in [0, 0.1) is 0 Å². The number of para-hydroxylation sites is 1. The quantitative estimate of drug-likeness (QED) is 0.374. The van der Waals surface area contributed by atoms with Crippen molar-refractivity contribution in [2.24, 2.45) is 4.99 Å². The monoisotopic (exact) mass is 339 g/mol. The molecule has 0 atom stereocenters. The third-order valence-electron chi connectivity index (χ3n) is 3.39. The average molecular weight is 339 g/mol. The molecule has 0 saturated carbocycles. The zero-order valence-electron chi connectivity index (χ0n) is 12.4. The van der Waals surface area contributed by atoms with Crippen molar-refractivity contribution < 1.29 is 4.42 Å². The normalized spacial score (nSPS) is 11.9. The molecule has 0 spiro atoms. The fourth-order valence-corrected chi connectivity index (χ4v) is 3.97. The molecule has 23 heavy (non-hydrogen) atoms. The van der Waals surface area contributed by atoms with Gasteiger partial charge in [-0.05, 0) is 35.6 Å². The molecule has 0 amide bonds. The zero-order valence-corrected chi connectivity index (χ0v) is 14.0. The molecule has 0 unspecified atom stereocenters. The molecule has 0 aliphatic carbocycles. The Kier molecular flexibility index (Phi) is 3.85. The summed E-state index contributed by atoms with van der Waals surface area (Å²) in [6.45, 7) is 2.10. The van der Waals surface area contributed by atoms with Crippen LogP contribution in [0.5, 0.6) is 0 Å². The second-order valence-electron chi connectivity index (χ2n) is 4.90. The third-order valence-corrected chi connectivity index (χ3v) is 5.24. The predicted octanol–water partition coefficient (Wildman–Crippen LogP) is 5.30. The maximum Gasteiger partial charge on any atom is 0.232 e. The first kappa shape index (κ1) is 14.4. The SMILES string of the molecule is CCSc1nnc(/N=C\c2ccc3oc4ccccc4c3c2)s1. The molecule has 114 valence electrons. The summed E-state index contributed by atoms with van der Waals surface area (Å²) in [5, 5.41) is 11.1. The van der Waals surface area contributed by atoms with Gasteiger partial charge in [0.25, 0.3) is 0 Å². The minimum atomic E-state index is 0.679. The Morgan fingerprint density at radius 2 is 2.00 bits per heavy atom. The molecule has 2 aromatic heterocycles. The van der Waals surface area contributed by atoms with Crippen LogP contribution < -0.4 is 0 Å². The Morgan fingerprint density at radius 1 is 1.13 bits per heavy atom. The first-order chi connectivity index (χ1) is 11.3. The number of nitrogens with zero attached hydrogens (tertiary/aromatic N) is 3. The second-order valence-corrected chi connectivity index (χ2v) is 7.36. The predicted molar refractivity (Wildman–Crippen MR) is 97.3 cm³/mol. The summed E-state index contributed by atoms with van der Waals surface area (Å²) < 4.78 is 6.79. The molecule has 0 saturated heterocycles. The van der Waals surface area contributed by atoms with Gasteiger partial charge >= 0.3 is 0 Å². The van der Waals surface area contributed by atoms with Crippen LogP contribution >= 0.6 is 23.1 Å². The molecule has 0 aliphatic rings. The number of fused-ring (bicyclic) bond motifs is 3. The van der Waals surface area contributed by atoms with Crippen molar-refractivity contribution >= 4 is 56.4 Å². The number of rotatable bonds is 4. The van der Waals surface area contributed by atoms with Gasteiger partial charge in [0.05, 0.1) is 0 Å². The highest BCUT2D eigenvalue weighted by Crippen LogP contribution is 2.29. The molecule has 0 bridgehead atoms. The van der Waals surface area contributed by atoms with Gasteiger partial charge in [0.15, 0.2) is 4.34 Å². The number of hydrogen-bond donors (Lipinski definition) is 0. The van der Waals surface area contributed by atoms with E-state index < -0.39 is 0 Å². The van der Waals surface area contributed by atoms with E-state index in [1.165, 1.54) is 11.3 Å². The second kappa shape index (κ2) is 6.14. The minimum Gasteiger partial charge on any atom is -0.456 e. The highest BCUT2D eigenvalue weighted by molar-refractivity contribution is 8.01. The number of benzene rings is 2. The number of aliphatic imine (C=N–C) groups is 1. The zero-order chi connectivity index (χ0) is 15.6. The Balaban J connectivity index is 1.68. The first-order valence-corrected chi connectivity index (χ1v) is 9.05. The van der Waals surface area contributed by atoms with Crippen LogP contribution in [0.3, 0.4) is 0 Å². The van der Waals surface area contributed by atoms with Crippen LogP contribution in [0.2, 0.25) is 0 Å². The number of furan rings is 1. The van der Waals surface area contributed by atoms with Gasteiger partial charge in [-0.25, -0.2) is 4.99 Å². The molecule has 4 rings (SSSR count). The molecule has 6 heteroatoms. The van der Waals surface area contributed by atoms with Crippen molar-refractivity contribution in [3.8, 4) is 0 Å². The van der Waals surface area contributed by atoms with Crippen LogP contribution in [0.25, 0.3) is 21.9 Å². The van der Waals surface area contributed by atoms with Crippen molar-refractivity contribution in [1.82, 2.24) is 10.2 Å². The maximum absolute atomic E-state index is 5.83. The lowest BCUT2D eigenvalue weighted by molar-refractivity contribution is 0.669. The maximum atomic E-state index is 5.83. The molecule has 0 N–H and O–H groups in total. The van der Waals surface area contributed by atoms with Crippen LogP contribution in [-0.4, -0.2) is 22.2 Å². The molecule has 0 radical (unpaired) electrons. The summed E-state index contributed by atoms with van der Waals surface area (Å²) in [5.41, 5.74) is 2.81. The van der Waals surface area contributed by atoms with E-state index in [0.717, 1.165) is 37.6 Å². The van der Waals surface area contributed by atoms with Gasteiger partial charge in [-0.1, -0.05) is 48.2 Å². The topological polar surface area (TPSA) is 51.3 Å². The smallest absolute Gasteiger partial charge is 0.232 e. The van der Waals surface area contributed by atoms with Crippen molar-refractivity contribution in [2.45, 2.75) is 11.3 Å². The fourth-order valence-electron chi connectivity index (χ4n) is 2.39.